The topological polar surface area (TPSA) is 119 Å². The number of rotatable bonds is 1. The molecule has 3 rings (SSSR count). The minimum Gasteiger partial charge on any atom is -0.444 e. The molecule has 1 amide bonds. The van der Waals surface area contributed by atoms with Gasteiger partial charge in [-0.2, -0.15) is 0 Å². The molecule has 0 unspecified atom stereocenters. The van der Waals surface area contributed by atoms with Crippen LogP contribution in [-0.4, -0.2) is 43.3 Å². The first-order valence-corrected chi connectivity index (χ1v) is 11.5. The first-order chi connectivity index (χ1) is 13.7. The second-order valence-electron chi connectivity index (χ2n) is 9.36. The number of hydrogen-bond acceptors (Lipinski definition) is 7. The first kappa shape index (κ1) is 22.5. The Hall–Kier alpha value is -2.23. The van der Waals surface area contributed by atoms with E-state index in [0.717, 1.165) is 0 Å². The molecule has 1 aromatic rings. The molecule has 0 spiro atoms. The number of alkyl carbamates (subject to hydrolysis) is 1. The lowest BCUT2D eigenvalue weighted by Gasteiger charge is -2.48. The van der Waals surface area contributed by atoms with Crippen molar-refractivity contribution in [2.75, 3.05) is 12.3 Å². The fourth-order valence-electron chi connectivity index (χ4n) is 4.01. The van der Waals surface area contributed by atoms with Gasteiger partial charge in [-0.3, -0.25) is 10.3 Å². The van der Waals surface area contributed by atoms with Crippen LogP contribution in [0.3, 0.4) is 0 Å². The second-order valence-corrected chi connectivity index (χ2v) is 12.3. The lowest BCUT2D eigenvalue weighted by Crippen LogP contribution is -2.62. The number of carbonyl (C=O) groups excluding carboxylic acids is 1. The molecule has 0 bridgehead atoms. The molecule has 0 saturated heterocycles. The number of ether oxygens (including phenoxy) is 1. The number of amides is 1. The quantitative estimate of drug-likeness (QED) is 0.695. The summed E-state index contributed by atoms with van der Waals surface area (Å²) in [6.07, 6.45) is 0.526. The summed E-state index contributed by atoms with van der Waals surface area (Å²) >= 11 is 0. The van der Waals surface area contributed by atoms with Crippen molar-refractivity contribution in [3.05, 3.63) is 23.6 Å². The number of nitrogen functional groups attached to an aromatic ring is 1. The van der Waals surface area contributed by atoms with Gasteiger partial charge in [-0.1, -0.05) is 0 Å². The molecule has 2 aliphatic rings. The molecule has 0 fully saturated rings. The summed E-state index contributed by atoms with van der Waals surface area (Å²) in [6, 6.07) is 2.59. The van der Waals surface area contributed by atoms with Gasteiger partial charge in [0.25, 0.3) is 0 Å². The van der Waals surface area contributed by atoms with E-state index in [1.165, 1.54) is 12.1 Å². The van der Waals surface area contributed by atoms with E-state index < -0.39 is 42.8 Å². The van der Waals surface area contributed by atoms with Crippen LogP contribution in [0.2, 0.25) is 0 Å². The summed E-state index contributed by atoms with van der Waals surface area (Å²) in [4.78, 5) is 21.4. The Morgan fingerprint density at radius 2 is 2.00 bits per heavy atom. The zero-order valence-electron chi connectivity index (χ0n) is 18.3. The maximum absolute atomic E-state index is 14.9. The lowest BCUT2D eigenvalue weighted by molar-refractivity contribution is 0.0560. The van der Waals surface area contributed by atoms with E-state index in [9.17, 15) is 13.4 Å². The smallest absolute Gasteiger partial charge is 0.413 e. The molecule has 0 saturated carbocycles. The Kier molecular flexibility index (Phi) is 5.37. The number of halogens is 1. The predicted molar refractivity (Wildman–Crippen MR) is 115 cm³/mol. The molecular weight excluding hydrogens is 409 g/mol. The molecular formula is C20H30FN5O3S. The van der Waals surface area contributed by atoms with Crippen molar-refractivity contribution in [3.8, 4) is 0 Å². The number of aromatic nitrogens is 1. The Labute approximate surface area is 177 Å². The fourth-order valence-corrected chi connectivity index (χ4v) is 7.27. The van der Waals surface area contributed by atoms with Crippen molar-refractivity contribution in [3.63, 3.8) is 0 Å². The number of nitrogens with two attached hydrogens (primary N) is 1. The van der Waals surface area contributed by atoms with Crippen molar-refractivity contribution in [1.29, 1.82) is 0 Å². The van der Waals surface area contributed by atoms with Gasteiger partial charge in [-0.25, -0.2) is 22.7 Å². The number of aliphatic imine (C=N–C) groups is 1. The largest absolute Gasteiger partial charge is 0.444 e. The number of nitrogens with one attached hydrogen (secondary N) is 1. The van der Waals surface area contributed by atoms with Crippen LogP contribution < -0.4 is 11.1 Å². The average Bonchev–Trinajstić information content (AvgIpc) is 2.60. The van der Waals surface area contributed by atoms with E-state index in [2.05, 4.69) is 14.7 Å². The van der Waals surface area contributed by atoms with E-state index in [-0.39, 0.29) is 17.3 Å². The van der Waals surface area contributed by atoms with Crippen LogP contribution in [0.1, 0.15) is 60.1 Å². The highest BCUT2D eigenvalue weighted by Gasteiger charge is 2.57. The third-order valence-corrected chi connectivity index (χ3v) is 9.22. The third kappa shape index (κ3) is 3.66. The van der Waals surface area contributed by atoms with Crippen molar-refractivity contribution >= 4 is 27.5 Å². The third-order valence-electron chi connectivity index (χ3n) is 5.53. The van der Waals surface area contributed by atoms with Crippen LogP contribution in [0, 0.1) is 5.82 Å². The summed E-state index contributed by atoms with van der Waals surface area (Å²) in [5.41, 5.74) is 3.77. The van der Waals surface area contributed by atoms with Gasteiger partial charge in [0.1, 0.15) is 39.1 Å². The monoisotopic (exact) mass is 439 g/mol. The van der Waals surface area contributed by atoms with E-state index in [1.54, 1.807) is 41.5 Å². The molecule has 0 radical (unpaired) electrons. The molecule has 3 N–H and O–H groups in total. The zero-order chi connectivity index (χ0) is 22.5. The molecule has 3 atom stereocenters. The minimum atomic E-state index is -2.96. The number of nitrogens with zero attached hydrogens (tertiary/aromatic N) is 3. The molecule has 1 aromatic heterocycles. The molecule has 166 valence electrons. The van der Waals surface area contributed by atoms with Crippen LogP contribution in [-0.2, 0) is 20.0 Å². The summed E-state index contributed by atoms with van der Waals surface area (Å²) in [6.45, 7) is 10.8. The first-order valence-electron chi connectivity index (χ1n) is 9.95. The highest BCUT2D eigenvalue weighted by Crippen LogP contribution is 2.47. The lowest BCUT2D eigenvalue weighted by atomic mass is 9.89. The summed E-state index contributed by atoms with van der Waals surface area (Å²) < 4.78 is 37.9. The SMILES string of the molecule is CC(C)(C)OC(=O)NC1=N[C@](C)(c2nc(N)ccc2F)[C@H]2CCCN=[S@]2(=O)C1(C)C. The Bertz CT molecular complexity index is 1020. The molecule has 0 aromatic carbocycles. The van der Waals surface area contributed by atoms with Gasteiger partial charge in [-0.15, -0.1) is 0 Å². The molecule has 30 heavy (non-hydrogen) atoms. The fraction of sp³-hybridized carbons (Fsp3) is 0.650. The Balaban J connectivity index is 2.22. The minimum absolute atomic E-state index is 0.00341. The van der Waals surface area contributed by atoms with Crippen LogP contribution >= 0.6 is 0 Å². The van der Waals surface area contributed by atoms with Gasteiger partial charge >= 0.3 is 6.09 Å². The number of carbonyl (C=O) groups is 1. The van der Waals surface area contributed by atoms with Crippen LogP contribution in [0.15, 0.2) is 21.5 Å². The standard InChI is InChI=1S/C20H30FN5O3S/c1-18(2,3)29-17(27)25-16-19(4,5)30(28)13(8-7-11-23-30)20(6,26-16)15-12(21)9-10-14(22)24-15/h9-10,13H,7-8,11H2,1-6H3,(H2,22,24)(H,25,26,27)/t13-,20+,30-/m1/s1. The molecule has 10 heteroatoms. The number of hydrogen-bond donors (Lipinski definition) is 2. The molecule has 8 nitrogen and oxygen atoms in total. The highest BCUT2D eigenvalue weighted by atomic mass is 32.2. The van der Waals surface area contributed by atoms with Gasteiger partial charge in [0.15, 0.2) is 0 Å². The van der Waals surface area contributed by atoms with E-state index in [4.69, 9.17) is 15.5 Å². The predicted octanol–water partition coefficient (Wildman–Crippen LogP) is 3.36. The van der Waals surface area contributed by atoms with Crippen molar-refractivity contribution in [2.24, 2.45) is 9.36 Å². The Morgan fingerprint density at radius 1 is 1.33 bits per heavy atom. The van der Waals surface area contributed by atoms with Crippen molar-refractivity contribution < 1.29 is 18.1 Å². The van der Waals surface area contributed by atoms with E-state index in [1.807, 2.05) is 0 Å². The van der Waals surface area contributed by atoms with Gasteiger partial charge in [0.2, 0.25) is 0 Å². The number of pyridine rings is 1. The average molecular weight is 440 g/mol. The summed E-state index contributed by atoms with van der Waals surface area (Å²) in [7, 11) is -2.96. The number of amidine groups is 1. The van der Waals surface area contributed by atoms with Crippen LogP contribution in [0.4, 0.5) is 15.0 Å². The molecule has 0 aliphatic carbocycles. The highest BCUT2D eigenvalue weighted by molar-refractivity contribution is 7.96. The maximum atomic E-state index is 14.9. The maximum Gasteiger partial charge on any atom is 0.413 e. The molecule has 2 aliphatic heterocycles. The van der Waals surface area contributed by atoms with E-state index in [0.29, 0.717) is 19.4 Å². The number of anilines is 1. The number of fused-ring (bicyclic) bond motifs is 1. The zero-order valence-corrected chi connectivity index (χ0v) is 19.1. The van der Waals surface area contributed by atoms with Crippen LogP contribution in [0.5, 0.6) is 0 Å². The van der Waals surface area contributed by atoms with Gasteiger partial charge < -0.3 is 10.5 Å². The summed E-state index contributed by atoms with van der Waals surface area (Å²) in [5.74, 6) is -0.331. The van der Waals surface area contributed by atoms with E-state index >= 15 is 0 Å². The van der Waals surface area contributed by atoms with Gasteiger partial charge in [-0.05, 0) is 66.5 Å². The van der Waals surface area contributed by atoms with Gasteiger partial charge in [0.05, 0.1) is 15.0 Å². The van der Waals surface area contributed by atoms with Gasteiger partial charge in [0, 0.05) is 6.54 Å². The van der Waals surface area contributed by atoms with Crippen molar-refractivity contribution in [2.45, 2.75) is 75.5 Å². The molecule has 3 heterocycles. The summed E-state index contributed by atoms with van der Waals surface area (Å²) in [5, 5.41) is 2.07. The second kappa shape index (κ2) is 7.18. The van der Waals surface area contributed by atoms with Crippen molar-refractivity contribution in [1.82, 2.24) is 10.3 Å². The van der Waals surface area contributed by atoms with Crippen LogP contribution in [0.25, 0.3) is 0 Å². The Morgan fingerprint density at radius 3 is 2.63 bits per heavy atom. The normalized spacial score (nSPS) is 30.5.